The van der Waals surface area contributed by atoms with Crippen molar-refractivity contribution in [2.45, 2.75) is 19.1 Å². The monoisotopic (exact) mass is 242 g/mol. The molecule has 2 atom stereocenters. The lowest BCUT2D eigenvalue weighted by Crippen LogP contribution is -2.37. The number of nitrogens with zero attached hydrogens (tertiary/aromatic N) is 1. The molecular weight excluding hydrogens is 224 g/mol. The number of rotatable bonds is 7. The van der Waals surface area contributed by atoms with Gasteiger partial charge in [-0.2, -0.15) is 12.7 Å². The predicted molar refractivity (Wildman–Crippen MR) is 54.7 cm³/mol. The average molecular weight is 242 g/mol. The second-order valence-electron chi connectivity index (χ2n) is 3.29. The van der Waals surface area contributed by atoms with E-state index in [0.717, 1.165) is 7.05 Å². The predicted octanol–water partition coefficient (Wildman–Crippen LogP) is -1.55. The first-order valence-corrected chi connectivity index (χ1v) is 5.85. The van der Waals surface area contributed by atoms with E-state index in [0.29, 0.717) is 10.8 Å². The van der Waals surface area contributed by atoms with E-state index in [9.17, 15) is 13.5 Å². The molecule has 0 aromatic carbocycles. The van der Waals surface area contributed by atoms with Crippen LogP contribution in [0.3, 0.4) is 0 Å². The van der Waals surface area contributed by atoms with E-state index in [1.165, 1.54) is 0 Å². The number of nitrogens with two attached hydrogens (primary N) is 1. The van der Waals surface area contributed by atoms with Crippen LogP contribution in [0.4, 0.5) is 0 Å². The van der Waals surface area contributed by atoms with E-state index in [4.69, 9.17) is 15.0 Å². The van der Waals surface area contributed by atoms with Crippen LogP contribution in [0, 0.1) is 0 Å². The SMILES string of the molecule is CC(CN)OCC(O)CN(C)S(=O)(=O)O. The highest BCUT2D eigenvalue weighted by Gasteiger charge is 2.18. The van der Waals surface area contributed by atoms with E-state index in [1.54, 1.807) is 6.92 Å². The fraction of sp³-hybridized carbons (Fsp3) is 1.00. The largest absolute Gasteiger partial charge is 0.389 e. The smallest absolute Gasteiger partial charge is 0.335 e. The van der Waals surface area contributed by atoms with Crippen molar-refractivity contribution in [2.75, 3.05) is 26.7 Å². The number of hydrogen-bond donors (Lipinski definition) is 3. The van der Waals surface area contributed by atoms with E-state index >= 15 is 0 Å². The Morgan fingerprint density at radius 2 is 2.07 bits per heavy atom. The zero-order valence-corrected chi connectivity index (χ0v) is 9.64. The molecule has 0 rings (SSSR count). The van der Waals surface area contributed by atoms with Crippen molar-refractivity contribution in [3.8, 4) is 0 Å². The normalized spacial score (nSPS) is 16.7. The van der Waals surface area contributed by atoms with Crippen LogP contribution in [0.25, 0.3) is 0 Å². The zero-order valence-electron chi connectivity index (χ0n) is 8.83. The van der Waals surface area contributed by atoms with Gasteiger partial charge in [-0.15, -0.1) is 0 Å². The third kappa shape index (κ3) is 6.77. The molecule has 0 aliphatic carbocycles. The van der Waals surface area contributed by atoms with Crippen molar-refractivity contribution in [1.29, 1.82) is 0 Å². The first kappa shape index (κ1) is 14.8. The molecule has 0 aliphatic heterocycles. The highest BCUT2D eigenvalue weighted by Crippen LogP contribution is 1.98. The summed E-state index contributed by atoms with van der Waals surface area (Å²) in [6.07, 6.45) is -1.19. The van der Waals surface area contributed by atoms with Crippen LogP contribution in [0.2, 0.25) is 0 Å². The van der Waals surface area contributed by atoms with Crippen molar-refractivity contribution >= 4 is 10.3 Å². The maximum absolute atomic E-state index is 10.6. The standard InChI is InChI=1S/C7H18N2O5S/c1-6(3-8)14-5-7(10)4-9(2)15(11,12)13/h6-7,10H,3-5,8H2,1-2H3,(H,11,12,13). The highest BCUT2D eigenvalue weighted by molar-refractivity contribution is 7.83. The van der Waals surface area contributed by atoms with E-state index in [1.807, 2.05) is 0 Å². The van der Waals surface area contributed by atoms with Gasteiger partial charge in [0.2, 0.25) is 0 Å². The van der Waals surface area contributed by atoms with Gasteiger partial charge in [0.05, 0.1) is 18.8 Å². The molecule has 0 heterocycles. The average Bonchev–Trinajstić information content (AvgIpc) is 2.12. The Morgan fingerprint density at radius 3 is 2.47 bits per heavy atom. The molecule has 2 unspecified atom stereocenters. The van der Waals surface area contributed by atoms with Crippen LogP contribution in [-0.4, -0.2) is 61.3 Å². The van der Waals surface area contributed by atoms with Gasteiger partial charge in [0.15, 0.2) is 0 Å². The van der Waals surface area contributed by atoms with Gasteiger partial charge in [-0.3, -0.25) is 4.55 Å². The molecule has 0 aromatic rings. The van der Waals surface area contributed by atoms with Crippen molar-refractivity contribution in [3.63, 3.8) is 0 Å². The van der Waals surface area contributed by atoms with Gasteiger partial charge in [0.25, 0.3) is 0 Å². The van der Waals surface area contributed by atoms with Gasteiger partial charge in [-0.1, -0.05) is 0 Å². The lowest BCUT2D eigenvalue weighted by Gasteiger charge is -2.19. The summed E-state index contributed by atoms with van der Waals surface area (Å²) >= 11 is 0. The maximum atomic E-state index is 10.6. The minimum Gasteiger partial charge on any atom is -0.389 e. The summed E-state index contributed by atoms with van der Waals surface area (Å²) in [5.41, 5.74) is 5.28. The van der Waals surface area contributed by atoms with E-state index in [-0.39, 0.29) is 19.3 Å². The molecule has 0 aromatic heterocycles. The zero-order chi connectivity index (χ0) is 12.1. The molecule has 0 bridgehead atoms. The number of ether oxygens (including phenoxy) is 1. The lowest BCUT2D eigenvalue weighted by atomic mass is 10.3. The van der Waals surface area contributed by atoms with Gasteiger partial charge in [0.1, 0.15) is 0 Å². The first-order valence-electron chi connectivity index (χ1n) is 4.45. The van der Waals surface area contributed by atoms with Crippen molar-refractivity contribution in [1.82, 2.24) is 4.31 Å². The molecule has 0 spiro atoms. The molecule has 0 aliphatic rings. The molecule has 0 saturated carbocycles. The van der Waals surface area contributed by atoms with E-state index < -0.39 is 16.4 Å². The summed E-state index contributed by atoms with van der Waals surface area (Å²) < 4.78 is 35.4. The number of hydrogen-bond acceptors (Lipinski definition) is 5. The van der Waals surface area contributed by atoms with Crippen LogP contribution >= 0.6 is 0 Å². The van der Waals surface area contributed by atoms with Gasteiger partial charge >= 0.3 is 10.3 Å². The summed E-state index contributed by atoms with van der Waals surface area (Å²) in [5.74, 6) is 0. The van der Waals surface area contributed by atoms with Crippen molar-refractivity contribution in [3.05, 3.63) is 0 Å². The minimum absolute atomic E-state index is 0.0295. The second-order valence-corrected chi connectivity index (χ2v) is 4.81. The molecule has 0 saturated heterocycles. The molecule has 92 valence electrons. The fourth-order valence-electron chi connectivity index (χ4n) is 0.787. The Kier molecular flexibility index (Phi) is 6.25. The van der Waals surface area contributed by atoms with Crippen molar-refractivity contribution in [2.24, 2.45) is 5.73 Å². The summed E-state index contributed by atoms with van der Waals surface area (Å²) in [6, 6.07) is 0. The van der Waals surface area contributed by atoms with Gasteiger partial charge in [0, 0.05) is 20.1 Å². The van der Waals surface area contributed by atoms with Gasteiger partial charge in [-0.05, 0) is 6.92 Å². The Hall–Kier alpha value is -0.250. The van der Waals surface area contributed by atoms with Crippen LogP contribution in [0.15, 0.2) is 0 Å². The minimum atomic E-state index is -4.25. The quantitative estimate of drug-likeness (QED) is 0.466. The van der Waals surface area contributed by atoms with Gasteiger partial charge in [-0.25, -0.2) is 0 Å². The lowest BCUT2D eigenvalue weighted by molar-refractivity contribution is -0.00285. The molecular formula is C7H18N2O5S. The van der Waals surface area contributed by atoms with Crippen LogP contribution in [0.5, 0.6) is 0 Å². The molecule has 0 fully saturated rings. The highest BCUT2D eigenvalue weighted by atomic mass is 32.2. The maximum Gasteiger partial charge on any atom is 0.335 e. The number of aliphatic hydroxyl groups is 1. The topological polar surface area (TPSA) is 113 Å². The number of likely N-dealkylation sites (N-methyl/N-ethyl adjacent to an activating group) is 1. The van der Waals surface area contributed by atoms with Crippen LogP contribution in [0.1, 0.15) is 6.92 Å². The van der Waals surface area contributed by atoms with Crippen LogP contribution in [-0.2, 0) is 15.0 Å². The summed E-state index contributed by atoms with van der Waals surface area (Å²) in [4.78, 5) is 0. The molecule has 15 heavy (non-hydrogen) atoms. The second kappa shape index (κ2) is 6.36. The fourth-order valence-corrected chi connectivity index (χ4v) is 1.15. The summed E-state index contributed by atoms with van der Waals surface area (Å²) in [5, 5.41) is 9.34. The van der Waals surface area contributed by atoms with Gasteiger partial charge < -0.3 is 15.6 Å². The van der Waals surface area contributed by atoms with Crippen LogP contribution < -0.4 is 5.73 Å². The van der Waals surface area contributed by atoms with Crippen molar-refractivity contribution < 1.29 is 22.8 Å². The molecule has 0 amide bonds. The Labute approximate surface area is 89.7 Å². The summed E-state index contributed by atoms with van der Waals surface area (Å²) in [6.45, 7) is 1.80. The number of aliphatic hydroxyl groups excluding tert-OH is 1. The first-order chi connectivity index (χ1) is 6.77. The molecule has 7 nitrogen and oxygen atoms in total. The molecule has 8 heteroatoms. The molecule has 4 N–H and O–H groups in total. The third-order valence-electron chi connectivity index (χ3n) is 1.77. The van der Waals surface area contributed by atoms with E-state index in [2.05, 4.69) is 0 Å². The Morgan fingerprint density at radius 1 is 1.53 bits per heavy atom. The Balaban J connectivity index is 3.89. The third-order valence-corrected chi connectivity index (χ3v) is 2.70. The summed E-state index contributed by atoms with van der Waals surface area (Å²) in [7, 11) is -3.09. The Bertz CT molecular complexity index is 269. The molecule has 0 radical (unpaired) electrons.